The van der Waals surface area contributed by atoms with Crippen LogP contribution in [-0.4, -0.2) is 85.8 Å². The lowest BCUT2D eigenvalue weighted by molar-refractivity contribution is -0.291. The third-order valence-electron chi connectivity index (χ3n) is 11.6. The number of hydrogen-bond donors (Lipinski definition) is 6. The van der Waals surface area contributed by atoms with Crippen LogP contribution in [0.15, 0.2) is 0 Å². The predicted octanol–water partition coefficient (Wildman–Crippen LogP) is 1.33. The van der Waals surface area contributed by atoms with Gasteiger partial charge in [0.15, 0.2) is 6.29 Å². The summed E-state index contributed by atoms with van der Waals surface area (Å²) in [5.74, 6) is 1.42. The Morgan fingerprint density at radius 1 is 0.886 bits per heavy atom. The van der Waals surface area contributed by atoms with Gasteiger partial charge in [0.05, 0.1) is 24.4 Å². The van der Waals surface area contributed by atoms with Gasteiger partial charge in [-0.3, -0.25) is 0 Å². The molecule has 14 unspecified atom stereocenters. The minimum Gasteiger partial charge on any atom is -0.393 e. The minimum atomic E-state index is -1.54. The first-order chi connectivity index (χ1) is 16.4. The van der Waals surface area contributed by atoms with Crippen LogP contribution >= 0.6 is 0 Å². The molecule has 1 saturated heterocycles. The molecule has 0 aromatic heterocycles. The Morgan fingerprint density at radius 3 is 2.34 bits per heavy atom. The van der Waals surface area contributed by atoms with Crippen molar-refractivity contribution < 1.29 is 40.1 Å². The smallest absolute Gasteiger partial charge is 0.184 e. The molecule has 14 atom stereocenters. The fraction of sp³-hybridized carbons (Fsp3) is 1.00. The monoisotopic (exact) mass is 498 g/mol. The molecule has 1 heterocycles. The predicted molar refractivity (Wildman–Crippen MR) is 127 cm³/mol. The van der Waals surface area contributed by atoms with E-state index < -0.39 is 36.3 Å². The standard InChI is InChI=1S/C27H46O8/c1-14(28)17-8-11-27(33)19-5-4-15-12-16(6-9-25(15,2)18(19)7-10-26(17,27)3)34-13-20-21(29)22(30)23(31)24(32)35-20/h14-24,28-33H,4-13H2,1-3H3. The van der Waals surface area contributed by atoms with E-state index in [9.17, 15) is 30.6 Å². The summed E-state index contributed by atoms with van der Waals surface area (Å²) < 4.78 is 11.4. The molecular weight excluding hydrogens is 452 g/mol. The molecule has 0 bridgehead atoms. The molecule has 202 valence electrons. The van der Waals surface area contributed by atoms with E-state index in [0.717, 1.165) is 57.8 Å². The zero-order valence-electron chi connectivity index (χ0n) is 21.4. The number of hydrogen-bond acceptors (Lipinski definition) is 8. The summed E-state index contributed by atoms with van der Waals surface area (Å²) >= 11 is 0. The molecule has 0 aromatic rings. The van der Waals surface area contributed by atoms with Crippen molar-refractivity contribution >= 4 is 0 Å². The maximum atomic E-state index is 12.1. The Bertz CT molecular complexity index is 778. The number of rotatable bonds is 4. The van der Waals surface area contributed by atoms with Crippen molar-refractivity contribution in [3.05, 3.63) is 0 Å². The highest BCUT2D eigenvalue weighted by molar-refractivity contribution is 5.17. The molecule has 4 saturated carbocycles. The molecule has 5 rings (SSSR count). The van der Waals surface area contributed by atoms with Gasteiger partial charge in [0.1, 0.15) is 24.4 Å². The summed E-state index contributed by atoms with van der Waals surface area (Å²) in [5, 5.41) is 62.2. The minimum absolute atomic E-state index is 0.0182. The van der Waals surface area contributed by atoms with Crippen LogP contribution in [0.4, 0.5) is 0 Å². The van der Waals surface area contributed by atoms with Crippen LogP contribution in [0.1, 0.15) is 78.6 Å². The average molecular weight is 499 g/mol. The molecule has 0 spiro atoms. The van der Waals surface area contributed by atoms with Gasteiger partial charge in [-0.2, -0.15) is 0 Å². The first-order valence-corrected chi connectivity index (χ1v) is 13.8. The van der Waals surface area contributed by atoms with E-state index in [2.05, 4.69) is 13.8 Å². The van der Waals surface area contributed by atoms with E-state index >= 15 is 0 Å². The quantitative estimate of drug-likeness (QED) is 0.341. The fourth-order valence-corrected chi connectivity index (χ4v) is 9.45. The Kier molecular flexibility index (Phi) is 6.88. The van der Waals surface area contributed by atoms with E-state index in [1.165, 1.54) is 0 Å². The molecule has 4 aliphatic carbocycles. The van der Waals surface area contributed by atoms with Crippen molar-refractivity contribution in [2.24, 2.45) is 34.5 Å². The van der Waals surface area contributed by atoms with E-state index in [0.29, 0.717) is 11.8 Å². The Morgan fingerprint density at radius 2 is 1.63 bits per heavy atom. The second kappa shape index (κ2) is 9.16. The van der Waals surface area contributed by atoms with Crippen molar-refractivity contribution in [3.8, 4) is 0 Å². The number of ether oxygens (including phenoxy) is 2. The normalized spacial score (nSPS) is 57.2. The summed E-state index contributed by atoms with van der Waals surface area (Å²) in [4.78, 5) is 0. The fourth-order valence-electron chi connectivity index (χ4n) is 9.45. The van der Waals surface area contributed by atoms with Gasteiger partial charge in [0, 0.05) is 5.41 Å². The third kappa shape index (κ3) is 3.94. The van der Waals surface area contributed by atoms with E-state index in [-0.39, 0.29) is 41.5 Å². The van der Waals surface area contributed by atoms with Crippen molar-refractivity contribution in [1.29, 1.82) is 0 Å². The van der Waals surface area contributed by atoms with Gasteiger partial charge >= 0.3 is 0 Å². The zero-order chi connectivity index (χ0) is 25.3. The highest BCUT2D eigenvalue weighted by atomic mass is 16.6. The molecular formula is C27H46O8. The maximum absolute atomic E-state index is 12.1. The van der Waals surface area contributed by atoms with Crippen LogP contribution in [0.2, 0.25) is 0 Å². The molecule has 35 heavy (non-hydrogen) atoms. The van der Waals surface area contributed by atoms with Gasteiger partial charge in [0.2, 0.25) is 0 Å². The van der Waals surface area contributed by atoms with Crippen molar-refractivity contribution in [3.63, 3.8) is 0 Å². The van der Waals surface area contributed by atoms with Crippen LogP contribution in [-0.2, 0) is 9.47 Å². The van der Waals surface area contributed by atoms with Gasteiger partial charge in [-0.1, -0.05) is 13.8 Å². The lowest BCUT2D eigenvalue weighted by atomic mass is 9.43. The first-order valence-electron chi connectivity index (χ1n) is 13.8. The van der Waals surface area contributed by atoms with E-state index in [1.54, 1.807) is 0 Å². The van der Waals surface area contributed by atoms with E-state index in [4.69, 9.17) is 9.47 Å². The number of aliphatic hydroxyl groups excluding tert-OH is 5. The zero-order valence-corrected chi connectivity index (χ0v) is 21.4. The largest absolute Gasteiger partial charge is 0.393 e. The summed E-state index contributed by atoms with van der Waals surface area (Å²) in [5.41, 5.74) is -0.755. The van der Waals surface area contributed by atoms with E-state index in [1.807, 2.05) is 6.92 Å². The van der Waals surface area contributed by atoms with Gasteiger partial charge in [-0.15, -0.1) is 0 Å². The molecule has 0 radical (unpaired) electrons. The first kappa shape index (κ1) is 26.3. The van der Waals surface area contributed by atoms with Crippen molar-refractivity contribution in [2.75, 3.05) is 6.61 Å². The maximum Gasteiger partial charge on any atom is 0.184 e. The average Bonchev–Trinajstić information content (AvgIpc) is 3.10. The van der Waals surface area contributed by atoms with Crippen LogP contribution in [0.5, 0.6) is 0 Å². The second-order valence-electron chi connectivity index (χ2n) is 13.0. The van der Waals surface area contributed by atoms with Gasteiger partial charge < -0.3 is 40.1 Å². The summed E-state index contributed by atoms with van der Waals surface area (Å²) in [6, 6.07) is 0. The molecule has 8 heteroatoms. The topological polar surface area (TPSA) is 140 Å². The second-order valence-corrected chi connectivity index (χ2v) is 13.0. The van der Waals surface area contributed by atoms with Crippen molar-refractivity contribution in [2.45, 2.75) is 127 Å². The number of aliphatic hydroxyl groups is 6. The lowest BCUT2D eigenvalue weighted by Crippen LogP contribution is -2.63. The lowest BCUT2D eigenvalue weighted by Gasteiger charge is -2.64. The summed E-state index contributed by atoms with van der Waals surface area (Å²) in [6.45, 7) is 6.58. The van der Waals surface area contributed by atoms with Crippen LogP contribution < -0.4 is 0 Å². The Balaban J connectivity index is 1.23. The summed E-state index contributed by atoms with van der Waals surface area (Å²) in [7, 11) is 0. The molecule has 0 aromatic carbocycles. The molecule has 6 N–H and O–H groups in total. The molecule has 8 nitrogen and oxygen atoms in total. The molecule has 5 fully saturated rings. The van der Waals surface area contributed by atoms with Gasteiger partial charge in [-0.25, -0.2) is 0 Å². The Hall–Kier alpha value is -0.320. The Labute approximate surface area is 208 Å². The third-order valence-corrected chi connectivity index (χ3v) is 11.6. The molecule has 0 amide bonds. The molecule has 1 aliphatic heterocycles. The summed E-state index contributed by atoms with van der Waals surface area (Å²) in [6.07, 6.45) is 1.55. The molecule has 5 aliphatic rings. The number of fused-ring (bicyclic) bond motifs is 5. The SMILES string of the molecule is CC(O)C1CCC2(O)C3CCC4CC(OCC5OC(O)C(O)C(O)C5O)CCC4(C)C3CCC12C. The highest BCUT2D eigenvalue weighted by Gasteiger charge is 2.67. The van der Waals surface area contributed by atoms with Gasteiger partial charge in [0.25, 0.3) is 0 Å². The van der Waals surface area contributed by atoms with Crippen LogP contribution in [0, 0.1) is 34.5 Å². The van der Waals surface area contributed by atoms with Gasteiger partial charge in [-0.05, 0) is 93.8 Å². The van der Waals surface area contributed by atoms with Crippen molar-refractivity contribution in [1.82, 2.24) is 0 Å². The highest BCUT2D eigenvalue weighted by Crippen LogP contribution is 2.69. The van der Waals surface area contributed by atoms with Crippen LogP contribution in [0.3, 0.4) is 0 Å². The van der Waals surface area contributed by atoms with Crippen LogP contribution in [0.25, 0.3) is 0 Å².